The third-order valence-electron chi connectivity index (χ3n) is 2.64. The maximum atomic E-state index is 13.5. The largest absolute Gasteiger partial charge is 0.320 e. The lowest BCUT2D eigenvalue weighted by molar-refractivity contribution is 0.102. The molecular weight excluding hydrogens is 325 g/mol. The quantitative estimate of drug-likeness (QED) is 0.915. The first kappa shape index (κ1) is 14.2. The average Bonchev–Trinajstić information content (AvgIpc) is 2.44. The molecule has 0 unspecified atom stereocenters. The highest BCUT2D eigenvalue weighted by atomic mass is 79.9. The van der Waals surface area contributed by atoms with E-state index in [4.69, 9.17) is 5.26 Å². The second-order valence-corrected chi connectivity index (χ2v) is 4.93. The van der Waals surface area contributed by atoms with Gasteiger partial charge in [-0.2, -0.15) is 5.26 Å². The molecule has 100 valence electrons. The Labute approximate surface area is 123 Å². The number of hydrogen-bond donors (Lipinski definition) is 1. The van der Waals surface area contributed by atoms with Crippen LogP contribution in [0.2, 0.25) is 0 Å². The topological polar surface area (TPSA) is 65.8 Å². The van der Waals surface area contributed by atoms with Crippen molar-refractivity contribution in [1.29, 1.82) is 5.26 Å². The monoisotopic (exact) mass is 333 g/mol. The minimum Gasteiger partial charge on any atom is -0.320 e. The van der Waals surface area contributed by atoms with Crippen molar-refractivity contribution in [2.75, 3.05) is 5.32 Å². The molecule has 20 heavy (non-hydrogen) atoms. The summed E-state index contributed by atoms with van der Waals surface area (Å²) in [6, 6.07) is 7.67. The molecule has 2 aromatic rings. The molecule has 1 heterocycles. The van der Waals surface area contributed by atoms with Gasteiger partial charge in [-0.1, -0.05) is 0 Å². The molecule has 4 nitrogen and oxygen atoms in total. The Kier molecular flexibility index (Phi) is 4.11. The van der Waals surface area contributed by atoms with Crippen LogP contribution in [0.25, 0.3) is 0 Å². The van der Waals surface area contributed by atoms with Gasteiger partial charge in [0.25, 0.3) is 5.91 Å². The van der Waals surface area contributed by atoms with Gasteiger partial charge in [0.2, 0.25) is 0 Å². The van der Waals surface area contributed by atoms with Gasteiger partial charge in [-0.3, -0.25) is 4.79 Å². The smallest absolute Gasteiger partial charge is 0.274 e. The molecule has 1 amide bonds. The predicted octanol–water partition coefficient (Wildman–Crippen LogP) is 3.42. The summed E-state index contributed by atoms with van der Waals surface area (Å²) in [5, 5.41) is 11.2. The van der Waals surface area contributed by atoms with Crippen LogP contribution in [0.1, 0.15) is 21.6 Å². The first-order chi connectivity index (χ1) is 9.51. The van der Waals surface area contributed by atoms with Crippen LogP contribution in [0, 0.1) is 24.1 Å². The van der Waals surface area contributed by atoms with Crippen molar-refractivity contribution in [2.45, 2.75) is 6.92 Å². The Balaban J connectivity index is 2.23. The normalized spacial score (nSPS) is 9.90. The minimum atomic E-state index is -0.460. The maximum Gasteiger partial charge on any atom is 0.274 e. The van der Waals surface area contributed by atoms with Crippen molar-refractivity contribution >= 4 is 27.5 Å². The summed E-state index contributed by atoms with van der Waals surface area (Å²) in [6.07, 6.45) is 1.31. The highest BCUT2D eigenvalue weighted by Gasteiger charge is 2.11. The van der Waals surface area contributed by atoms with Gasteiger partial charge in [0, 0.05) is 11.9 Å². The number of halogens is 2. The summed E-state index contributed by atoms with van der Waals surface area (Å²) in [5.41, 5.74) is 1.63. The molecule has 1 aromatic heterocycles. The third-order valence-corrected chi connectivity index (χ3v) is 3.25. The summed E-state index contributed by atoms with van der Waals surface area (Å²) >= 11 is 3.08. The SMILES string of the molecule is Cc1cc(Br)c(F)cc1NC(=O)c1ccc(C#N)cn1. The molecule has 0 aliphatic rings. The number of aryl methyl sites for hydroxylation is 1. The first-order valence-electron chi connectivity index (χ1n) is 5.64. The van der Waals surface area contributed by atoms with Gasteiger partial charge in [-0.05, 0) is 52.7 Å². The molecule has 0 fully saturated rings. The number of nitrogens with zero attached hydrogens (tertiary/aromatic N) is 2. The lowest BCUT2D eigenvalue weighted by Gasteiger charge is -2.09. The van der Waals surface area contributed by atoms with Crippen molar-refractivity contribution in [3.05, 3.63) is 57.6 Å². The van der Waals surface area contributed by atoms with Gasteiger partial charge < -0.3 is 5.32 Å². The number of benzene rings is 1. The Hall–Kier alpha value is -2.26. The van der Waals surface area contributed by atoms with Gasteiger partial charge in [-0.15, -0.1) is 0 Å². The fourth-order valence-corrected chi connectivity index (χ4v) is 2.02. The Bertz CT molecular complexity index is 708. The lowest BCUT2D eigenvalue weighted by Crippen LogP contribution is -2.14. The van der Waals surface area contributed by atoms with E-state index in [1.807, 2.05) is 6.07 Å². The standard InChI is InChI=1S/C14H9BrFN3O/c1-8-4-10(15)11(16)5-13(8)19-14(20)12-3-2-9(6-17)7-18-12/h2-5,7H,1H3,(H,19,20). The summed E-state index contributed by atoms with van der Waals surface area (Å²) < 4.78 is 13.8. The number of nitriles is 1. The molecule has 1 N–H and O–H groups in total. The van der Waals surface area contributed by atoms with Gasteiger partial charge in [0.05, 0.1) is 10.0 Å². The van der Waals surface area contributed by atoms with E-state index in [0.717, 1.165) is 5.56 Å². The second-order valence-electron chi connectivity index (χ2n) is 4.08. The average molecular weight is 334 g/mol. The molecule has 0 aliphatic heterocycles. The van der Waals surface area contributed by atoms with E-state index in [9.17, 15) is 9.18 Å². The van der Waals surface area contributed by atoms with Crippen LogP contribution in [0.5, 0.6) is 0 Å². The van der Waals surface area contributed by atoms with Gasteiger partial charge >= 0.3 is 0 Å². The van der Waals surface area contributed by atoms with Gasteiger partial charge in [0.1, 0.15) is 17.6 Å². The van der Waals surface area contributed by atoms with E-state index in [0.29, 0.717) is 15.7 Å². The van der Waals surface area contributed by atoms with Crippen molar-refractivity contribution in [3.63, 3.8) is 0 Å². The van der Waals surface area contributed by atoms with E-state index in [-0.39, 0.29) is 5.69 Å². The van der Waals surface area contributed by atoms with Crippen molar-refractivity contribution in [2.24, 2.45) is 0 Å². The van der Waals surface area contributed by atoms with E-state index in [2.05, 4.69) is 26.2 Å². The van der Waals surface area contributed by atoms with E-state index < -0.39 is 11.7 Å². The summed E-state index contributed by atoms with van der Waals surface area (Å²) in [7, 11) is 0. The van der Waals surface area contributed by atoms with Crippen LogP contribution >= 0.6 is 15.9 Å². The molecule has 0 saturated carbocycles. The van der Waals surface area contributed by atoms with Crippen LogP contribution in [-0.2, 0) is 0 Å². The third kappa shape index (κ3) is 3.00. The van der Waals surface area contributed by atoms with E-state index in [1.54, 1.807) is 13.0 Å². The van der Waals surface area contributed by atoms with Gasteiger partial charge in [0.15, 0.2) is 0 Å². The second kappa shape index (κ2) is 5.80. The summed E-state index contributed by atoms with van der Waals surface area (Å²) in [5.74, 6) is -0.919. The molecule has 0 spiro atoms. The number of rotatable bonds is 2. The molecule has 2 rings (SSSR count). The van der Waals surface area contributed by atoms with E-state index in [1.165, 1.54) is 24.4 Å². The molecule has 6 heteroatoms. The van der Waals surface area contributed by atoms with Crippen LogP contribution < -0.4 is 5.32 Å². The Morgan fingerprint density at radius 2 is 2.20 bits per heavy atom. The van der Waals surface area contributed by atoms with E-state index >= 15 is 0 Å². The number of hydrogen-bond acceptors (Lipinski definition) is 3. The summed E-state index contributed by atoms with van der Waals surface area (Å²) in [6.45, 7) is 1.76. The molecule has 0 radical (unpaired) electrons. The van der Waals surface area contributed by atoms with Gasteiger partial charge in [-0.25, -0.2) is 9.37 Å². The Morgan fingerprint density at radius 3 is 2.80 bits per heavy atom. The number of carbonyl (C=O) groups is 1. The number of pyridine rings is 1. The molecule has 0 aliphatic carbocycles. The fraction of sp³-hybridized carbons (Fsp3) is 0.0714. The first-order valence-corrected chi connectivity index (χ1v) is 6.43. The van der Waals surface area contributed by atoms with Crippen LogP contribution in [0.3, 0.4) is 0 Å². The number of anilines is 1. The Morgan fingerprint density at radius 1 is 1.45 bits per heavy atom. The number of amides is 1. The van der Waals surface area contributed by atoms with Crippen LogP contribution in [0.4, 0.5) is 10.1 Å². The zero-order chi connectivity index (χ0) is 14.7. The molecule has 0 bridgehead atoms. The van der Waals surface area contributed by atoms with Crippen molar-refractivity contribution < 1.29 is 9.18 Å². The zero-order valence-corrected chi connectivity index (χ0v) is 12.0. The van der Waals surface area contributed by atoms with Crippen molar-refractivity contribution in [3.8, 4) is 6.07 Å². The maximum absolute atomic E-state index is 13.5. The number of aromatic nitrogens is 1. The highest BCUT2D eigenvalue weighted by molar-refractivity contribution is 9.10. The molecule has 0 saturated heterocycles. The van der Waals surface area contributed by atoms with Crippen molar-refractivity contribution in [1.82, 2.24) is 4.98 Å². The van der Waals surface area contributed by atoms with Crippen LogP contribution in [-0.4, -0.2) is 10.9 Å². The fourth-order valence-electron chi connectivity index (χ4n) is 1.56. The highest BCUT2D eigenvalue weighted by Crippen LogP contribution is 2.24. The lowest BCUT2D eigenvalue weighted by atomic mass is 10.2. The molecular formula is C14H9BrFN3O. The number of carbonyl (C=O) groups excluding carboxylic acids is 1. The summed E-state index contributed by atoms with van der Waals surface area (Å²) in [4.78, 5) is 15.8. The predicted molar refractivity (Wildman–Crippen MR) is 75.7 cm³/mol. The minimum absolute atomic E-state index is 0.159. The van der Waals surface area contributed by atoms with Crippen LogP contribution in [0.15, 0.2) is 34.9 Å². The molecule has 0 atom stereocenters. The zero-order valence-electron chi connectivity index (χ0n) is 10.4. The molecule has 1 aromatic carbocycles. The number of nitrogens with one attached hydrogen (secondary N) is 1.